The van der Waals surface area contributed by atoms with Crippen LogP contribution < -0.4 is 10.1 Å². The lowest BCUT2D eigenvalue weighted by Gasteiger charge is -2.21. The minimum Gasteiger partial charge on any atom is -0.492 e. The van der Waals surface area contributed by atoms with Gasteiger partial charge in [0.05, 0.1) is 6.61 Å². The largest absolute Gasteiger partial charge is 0.492 e. The number of aryl methyl sites for hydroxylation is 2. The van der Waals surface area contributed by atoms with Crippen molar-refractivity contribution in [2.24, 2.45) is 0 Å². The van der Waals surface area contributed by atoms with Gasteiger partial charge in [0.1, 0.15) is 10.6 Å². The van der Waals surface area contributed by atoms with Gasteiger partial charge in [0.25, 0.3) is 5.91 Å². The van der Waals surface area contributed by atoms with Crippen LogP contribution in [-0.4, -0.2) is 38.3 Å². The predicted molar refractivity (Wildman–Crippen MR) is 112 cm³/mol. The van der Waals surface area contributed by atoms with Crippen LogP contribution in [0.3, 0.4) is 0 Å². The second-order valence-corrected chi connectivity index (χ2v) is 8.36. The van der Waals surface area contributed by atoms with Crippen molar-refractivity contribution in [2.45, 2.75) is 39.5 Å². The normalized spacial score (nSPS) is 11.5. The Morgan fingerprint density at radius 3 is 2.32 bits per heavy atom. The maximum atomic E-state index is 13.0. The second-order valence-electron chi connectivity index (χ2n) is 6.46. The number of nitrogens with zero attached hydrogens (tertiary/aromatic N) is 1. The van der Waals surface area contributed by atoms with Crippen LogP contribution in [0.25, 0.3) is 0 Å². The molecule has 0 radical (unpaired) electrons. The van der Waals surface area contributed by atoms with Gasteiger partial charge in [0, 0.05) is 24.3 Å². The van der Waals surface area contributed by atoms with E-state index >= 15 is 0 Å². The molecule has 0 aliphatic rings. The SMILES string of the molecule is CCOc1ccc(NC(=O)c2cc(C)ccc2C)cc1S(=O)(=O)N(CC)CC. The number of hydrogen-bond donors (Lipinski definition) is 1. The lowest BCUT2D eigenvalue weighted by atomic mass is 10.1. The van der Waals surface area contributed by atoms with E-state index in [9.17, 15) is 13.2 Å². The van der Waals surface area contributed by atoms with Gasteiger partial charge in [-0.15, -0.1) is 0 Å². The first-order chi connectivity index (χ1) is 13.2. The summed E-state index contributed by atoms with van der Waals surface area (Å²) in [7, 11) is -3.73. The molecule has 28 heavy (non-hydrogen) atoms. The number of carbonyl (C=O) groups is 1. The zero-order valence-electron chi connectivity index (χ0n) is 17.1. The summed E-state index contributed by atoms with van der Waals surface area (Å²) in [6, 6.07) is 10.3. The molecule has 1 N–H and O–H groups in total. The number of sulfonamides is 1. The maximum Gasteiger partial charge on any atom is 0.255 e. The van der Waals surface area contributed by atoms with Gasteiger partial charge in [-0.3, -0.25) is 4.79 Å². The fourth-order valence-corrected chi connectivity index (χ4v) is 4.56. The molecular formula is C21H28N2O4S. The third kappa shape index (κ3) is 4.72. The van der Waals surface area contributed by atoms with Crippen molar-refractivity contribution in [2.75, 3.05) is 25.0 Å². The Morgan fingerprint density at radius 1 is 1.04 bits per heavy atom. The second kappa shape index (κ2) is 9.21. The average Bonchev–Trinajstić information content (AvgIpc) is 2.65. The van der Waals surface area contributed by atoms with Crippen molar-refractivity contribution in [1.82, 2.24) is 4.31 Å². The first-order valence-electron chi connectivity index (χ1n) is 9.40. The molecule has 0 fully saturated rings. The minimum absolute atomic E-state index is 0.0526. The monoisotopic (exact) mass is 404 g/mol. The topological polar surface area (TPSA) is 75.7 Å². The van der Waals surface area contributed by atoms with Crippen molar-refractivity contribution >= 4 is 21.6 Å². The first kappa shape index (κ1) is 21.9. The minimum atomic E-state index is -3.73. The molecule has 2 rings (SSSR count). The van der Waals surface area contributed by atoms with Crippen LogP contribution in [0.4, 0.5) is 5.69 Å². The van der Waals surface area contributed by atoms with E-state index in [4.69, 9.17) is 4.74 Å². The number of benzene rings is 2. The summed E-state index contributed by atoms with van der Waals surface area (Å²) in [4.78, 5) is 12.8. The summed E-state index contributed by atoms with van der Waals surface area (Å²) < 4.78 is 32.9. The standard InChI is InChI=1S/C21H28N2O4S/c1-6-23(7-2)28(25,26)20-14-17(11-12-19(20)27-8-3)22-21(24)18-13-15(4)9-10-16(18)5/h9-14H,6-8H2,1-5H3,(H,22,24). The third-order valence-electron chi connectivity index (χ3n) is 4.46. The number of carbonyl (C=O) groups excluding carboxylic acids is 1. The van der Waals surface area contributed by atoms with E-state index in [0.717, 1.165) is 11.1 Å². The molecule has 0 saturated carbocycles. The molecule has 0 spiro atoms. The molecule has 0 bridgehead atoms. The zero-order valence-corrected chi connectivity index (χ0v) is 17.9. The molecule has 0 aliphatic heterocycles. The van der Waals surface area contributed by atoms with Gasteiger partial charge in [0.2, 0.25) is 10.0 Å². The molecule has 0 aliphatic carbocycles. The number of rotatable bonds is 8. The van der Waals surface area contributed by atoms with E-state index in [2.05, 4.69) is 5.32 Å². The fourth-order valence-electron chi connectivity index (χ4n) is 2.94. The van der Waals surface area contributed by atoms with Gasteiger partial charge in [-0.2, -0.15) is 4.31 Å². The van der Waals surface area contributed by atoms with Crippen LogP contribution in [0.2, 0.25) is 0 Å². The van der Waals surface area contributed by atoms with E-state index < -0.39 is 10.0 Å². The Balaban J connectivity index is 2.44. The molecular weight excluding hydrogens is 376 g/mol. The maximum absolute atomic E-state index is 13.0. The van der Waals surface area contributed by atoms with Crippen LogP contribution in [0.15, 0.2) is 41.3 Å². The lowest BCUT2D eigenvalue weighted by molar-refractivity contribution is 0.102. The Bertz CT molecular complexity index is 951. The van der Waals surface area contributed by atoms with E-state index in [1.165, 1.54) is 10.4 Å². The van der Waals surface area contributed by atoms with Crippen molar-refractivity contribution < 1.29 is 17.9 Å². The van der Waals surface area contributed by atoms with Crippen LogP contribution in [-0.2, 0) is 10.0 Å². The van der Waals surface area contributed by atoms with Crippen molar-refractivity contribution in [3.05, 3.63) is 53.1 Å². The molecule has 152 valence electrons. The first-order valence-corrected chi connectivity index (χ1v) is 10.8. The molecule has 0 aromatic heterocycles. The van der Waals surface area contributed by atoms with Gasteiger partial charge in [-0.25, -0.2) is 8.42 Å². The van der Waals surface area contributed by atoms with Gasteiger partial charge in [0.15, 0.2) is 0 Å². The Labute approximate surface area is 167 Å². The van der Waals surface area contributed by atoms with E-state index in [0.29, 0.717) is 30.9 Å². The van der Waals surface area contributed by atoms with Gasteiger partial charge >= 0.3 is 0 Å². The highest BCUT2D eigenvalue weighted by Crippen LogP contribution is 2.30. The summed E-state index contributed by atoms with van der Waals surface area (Å²) in [6.45, 7) is 10.2. The Morgan fingerprint density at radius 2 is 1.71 bits per heavy atom. The van der Waals surface area contributed by atoms with Crippen LogP contribution in [0.1, 0.15) is 42.3 Å². The molecule has 2 aromatic rings. The molecule has 2 aromatic carbocycles. The van der Waals surface area contributed by atoms with E-state index in [1.54, 1.807) is 32.9 Å². The highest BCUT2D eigenvalue weighted by molar-refractivity contribution is 7.89. The average molecular weight is 405 g/mol. The predicted octanol–water partition coefficient (Wildman–Crippen LogP) is 3.98. The number of hydrogen-bond acceptors (Lipinski definition) is 4. The summed E-state index contributed by atoms with van der Waals surface area (Å²) in [6.07, 6.45) is 0. The third-order valence-corrected chi connectivity index (χ3v) is 6.53. The summed E-state index contributed by atoms with van der Waals surface area (Å²) in [5, 5.41) is 2.81. The Kier molecular flexibility index (Phi) is 7.21. The van der Waals surface area contributed by atoms with Crippen LogP contribution in [0.5, 0.6) is 5.75 Å². The van der Waals surface area contributed by atoms with Crippen molar-refractivity contribution in [1.29, 1.82) is 0 Å². The molecule has 0 unspecified atom stereocenters. The molecule has 1 amide bonds. The summed E-state index contributed by atoms with van der Waals surface area (Å²) in [5.41, 5.74) is 2.79. The van der Waals surface area contributed by atoms with E-state index in [-0.39, 0.29) is 16.6 Å². The van der Waals surface area contributed by atoms with Crippen molar-refractivity contribution in [3.63, 3.8) is 0 Å². The molecule has 6 nitrogen and oxygen atoms in total. The van der Waals surface area contributed by atoms with Crippen LogP contribution >= 0.6 is 0 Å². The zero-order chi connectivity index (χ0) is 20.9. The quantitative estimate of drug-likeness (QED) is 0.722. The summed E-state index contributed by atoms with van der Waals surface area (Å²) in [5.74, 6) is -0.00400. The molecule has 0 heterocycles. The van der Waals surface area contributed by atoms with Gasteiger partial charge in [-0.05, 0) is 50.6 Å². The van der Waals surface area contributed by atoms with Gasteiger partial charge < -0.3 is 10.1 Å². The number of nitrogens with one attached hydrogen (secondary N) is 1. The Hall–Kier alpha value is -2.38. The highest BCUT2D eigenvalue weighted by atomic mass is 32.2. The highest BCUT2D eigenvalue weighted by Gasteiger charge is 2.26. The van der Waals surface area contributed by atoms with E-state index in [1.807, 2.05) is 32.0 Å². The van der Waals surface area contributed by atoms with Crippen molar-refractivity contribution in [3.8, 4) is 5.75 Å². The molecule has 0 saturated heterocycles. The lowest BCUT2D eigenvalue weighted by Crippen LogP contribution is -2.31. The number of amides is 1. The fraction of sp³-hybridized carbons (Fsp3) is 0.381. The molecule has 7 heteroatoms. The number of anilines is 1. The molecule has 0 atom stereocenters. The van der Waals surface area contributed by atoms with Crippen LogP contribution in [0, 0.1) is 13.8 Å². The van der Waals surface area contributed by atoms with Gasteiger partial charge in [-0.1, -0.05) is 31.5 Å². The summed E-state index contributed by atoms with van der Waals surface area (Å²) >= 11 is 0. The number of ether oxygens (including phenoxy) is 1. The smallest absolute Gasteiger partial charge is 0.255 e.